The predicted molar refractivity (Wildman–Crippen MR) is 131 cm³/mol. The SMILES string of the molecule is N#CC1=C(SCc2ccccc2)N[C@](O)(C(F)(F)F)[C@H](C(=O)c2cccs2)[C@H]1c1ccccc1Cl. The first-order valence-corrected chi connectivity index (χ1v) is 12.6. The Bertz CT molecular complexity index is 1290. The number of nitrogens with one attached hydrogen (secondary N) is 1. The van der Waals surface area contributed by atoms with Crippen molar-refractivity contribution in [2.45, 2.75) is 23.6 Å². The highest BCUT2D eigenvalue weighted by Gasteiger charge is 2.66. The fourth-order valence-electron chi connectivity index (χ4n) is 4.05. The molecule has 2 aromatic carbocycles. The van der Waals surface area contributed by atoms with Crippen LogP contribution < -0.4 is 5.32 Å². The molecule has 2 heterocycles. The summed E-state index contributed by atoms with van der Waals surface area (Å²) >= 11 is 8.29. The van der Waals surface area contributed by atoms with Gasteiger partial charge in [0, 0.05) is 16.7 Å². The fourth-order valence-corrected chi connectivity index (χ4v) is 6.07. The number of aliphatic hydroxyl groups is 1. The molecule has 1 aliphatic heterocycles. The van der Waals surface area contributed by atoms with Crippen LogP contribution in [0.5, 0.6) is 0 Å². The van der Waals surface area contributed by atoms with Gasteiger partial charge in [0.2, 0.25) is 5.72 Å². The zero-order chi connectivity index (χ0) is 25.2. The van der Waals surface area contributed by atoms with Gasteiger partial charge in [0.1, 0.15) is 0 Å². The van der Waals surface area contributed by atoms with Crippen molar-refractivity contribution in [2.75, 3.05) is 0 Å². The third-order valence-electron chi connectivity index (χ3n) is 5.71. The van der Waals surface area contributed by atoms with E-state index in [0.29, 0.717) is 0 Å². The molecule has 35 heavy (non-hydrogen) atoms. The van der Waals surface area contributed by atoms with Crippen molar-refractivity contribution in [3.63, 3.8) is 0 Å². The Kier molecular flexibility index (Phi) is 7.29. The number of nitrogens with zero attached hydrogens (tertiary/aromatic N) is 1. The first-order chi connectivity index (χ1) is 16.7. The highest BCUT2D eigenvalue weighted by molar-refractivity contribution is 8.02. The van der Waals surface area contributed by atoms with Gasteiger partial charge in [-0.2, -0.15) is 18.4 Å². The Morgan fingerprint density at radius 3 is 2.43 bits per heavy atom. The van der Waals surface area contributed by atoms with E-state index >= 15 is 0 Å². The summed E-state index contributed by atoms with van der Waals surface area (Å²) in [6.07, 6.45) is -5.25. The molecule has 4 nitrogen and oxygen atoms in total. The van der Waals surface area contributed by atoms with Crippen molar-refractivity contribution in [3.05, 3.63) is 104 Å². The number of hydrogen-bond acceptors (Lipinski definition) is 6. The lowest BCUT2D eigenvalue weighted by molar-refractivity contribution is -0.285. The topological polar surface area (TPSA) is 73.1 Å². The van der Waals surface area contributed by atoms with Gasteiger partial charge < -0.3 is 10.4 Å². The normalized spacial score (nSPS) is 22.4. The molecule has 3 atom stereocenters. The van der Waals surface area contributed by atoms with Crippen LogP contribution in [0.25, 0.3) is 0 Å². The van der Waals surface area contributed by atoms with E-state index in [1.807, 2.05) is 12.1 Å². The number of alkyl halides is 3. The maximum Gasteiger partial charge on any atom is 0.437 e. The van der Waals surface area contributed by atoms with Gasteiger partial charge in [-0.3, -0.25) is 4.79 Å². The number of carbonyl (C=O) groups excluding carboxylic acids is 1. The standard InChI is InChI=1S/C25H18ClF3N2O2S2/c26-18-10-5-4-9-16(18)20-17(13-30)23(35-14-15-7-2-1-3-8-15)31-24(33,25(27,28)29)21(20)22(32)19-11-6-12-34-19/h1-12,20-21,31,33H,14H2/t20-,21-,24+/m0/s1. The van der Waals surface area contributed by atoms with E-state index in [4.69, 9.17) is 11.6 Å². The van der Waals surface area contributed by atoms with Gasteiger partial charge in [-0.1, -0.05) is 66.2 Å². The summed E-state index contributed by atoms with van der Waals surface area (Å²) in [7, 11) is 0. The van der Waals surface area contributed by atoms with E-state index in [2.05, 4.69) is 5.32 Å². The van der Waals surface area contributed by atoms with Crippen LogP contribution in [0, 0.1) is 17.2 Å². The lowest BCUT2D eigenvalue weighted by atomic mass is 9.70. The molecule has 1 aliphatic rings. The second kappa shape index (κ2) is 10.1. The molecule has 0 spiro atoms. The number of thiophene rings is 1. The summed E-state index contributed by atoms with van der Waals surface area (Å²) < 4.78 is 43.6. The molecule has 0 saturated carbocycles. The van der Waals surface area contributed by atoms with Gasteiger partial charge in [0.15, 0.2) is 5.78 Å². The van der Waals surface area contributed by atoms with E-state index in [9.17, 15) is 28.3 Å². The first kappa shape index (κ1) is 25.3. The van der Waals surface area contributed by atoms with Crippen molar-refractivity contribution in [2.24, 2.45) is 5.92 Å². The van der Waals surface area contributed by atoms with Gasteiger partial charge in [-0.25, -0.2) is 0 Å². The molecule has 10 heteroatoms. The first-order valence-electron chi connectivity index (χ1n) is 10.4. The highest BCUT2D eigenvalue weighted by Crippen LogP contribution is 2.52. The molecule has 3 aromatic rings. The molecule has 0 aliphatic carbocycles. The van der Waals surface area contributed by atoms with E-state index in [0.717, 1.165) is 28.7 Å². The minimum Gasteiger partial charge on any atom is -0.363 e. The Morgan fingerprint density at radius 2 is 1.83 bits per heavy atom. The molecule has 4 rings (SSSR count). The van der Waals surface area contributed by atoms with E-state index in [-0.39, 0.29) is 31.8 Å². The second-order valence-electron chi connectivity index (χ2n) is 7.84. The summed E-state index contributed by atoms with van der Waals surface area (Å²) in [5.74, 6) is -4.22. The Balaban J connectivity index is 1.92. The van der Waals surface area contributed by atoms with Gasteiger partial charge in [0.05, 0.1) is 27.5 Å². The number of rotatable bonds is 6. The van der Waals surface area contributed by atoms with E-state index in [1.165, 1.54) is 24.3 Å². The molecule has 0 saturated heterocycles. The number of allylic oxidation sites excluding steroid dienone is 1. The largest absolute Gasteiger partial charge is 0.437 e. The zero-order valence-corrected chi connectivity index (χ0v) is 20.3. The van der Waals surface area contributed by atoms with Crippen LogP contribution in [0.4, 0.5) is 13.2 Å². The molecule has 2 N–H and O–H groups in total. The number of thioether (sulfide) groups is 1. The smallest absolute Gasteiger partial charge is 0.363 e. The Morgan fingerprint density at radius 1 is 1.14 bits per heavy atom. The number of nitriles is 1. The van der Waals surface area contributed by atoms with Crippen molar-refractivity contribution < 1.29 is 23.1 Å². The maximum atomic E-state index is 14.5. The van der Waals surface area contributed by atoms with E-state index in [1.54, 1.807) is 41.8 Å². The van der Waals surface area contributed by atoms with Crippen LogP contribution in [-0.2, 0) is 5.75 Å². The van der Waals surface area contributed by atoms with Crippen molar-refractivity contribution in [3.8, 4) is 6.07 Å². The maximum absolute atomic E-state index is 14.5. The number of hydrogen-bond donors (Lipinski definition) is 2. The van der Waals surface area contributed by atoms with Gasteiger partial charge in [-0.05, 0) is 28.6 Å². The van der Waals surface area contributed by atoms with Gasteiger partial charge >= 0.3 is 6.18 Å². The number of Topliss-reactive ketones (excluding diaryl/α,β-unsaturated/α-hetero) is 1. The lowest BCUT2D eigenvalue weighted by Gasteiger charge is -2.45. The van der Waals surface area contributed by atoms with Crippen LogP contribution >= 0.6 is 34.7 Å². The minimum atomic E-state index is -5.25. The van der Waals surface area contributed by atoms with Crippen LogP contribution in [0.3, 0.4) is 0 Å². The molecule has 0 amide bonds. The van der Waals surface area contributed by atoms with Crippen LogP contribution in [0.15, 0.2) is 82.7 Å². The molecule has 180 valence electrons. The Hall–Kier alpha value is -2.77. The fraction of sp³-hybridized carbons (Fsp3) is 0.200. The molecule has 0 radical (unpaired) electrons. The minimum absolute atomic E-state index is 0.0363. The Labute approximate surface area is 213 Å². The molecule has 0 unspecified atom stereocenters. The number of ketones is 1. The van der Waals surface area contributed by atoms with Gasteiger partial charge in [-0.15, -0.1) is 23.1 Å². The predicted octanol–water partition coefficient (Wildman–Crippen LogP) is 6.51. The summed E-state index contributed by atoms with van der Waals surface area (Å²) in [4.78, 5) is 13.5. The molecular weight excluding hydrogens is 517 g/mol. The van der Waals surface area contributed by atoms with Crippen molar-refractivity contribution >= 4 is 40.5 Å². The molecule has 0 fully saturated rings. The van der Waals surface area contributed by atoms with Gasteiger partial charge in [0.25, 0.3) is 0 Å². The number of carbonyl (C=O) groups is 1. The summed E-state index contributed by atoms with van der Waals surface area (Å²) in [6, 6.07) is 20.0. The third kappa shape index (κ3) is 4.84. The monoisotopic (exact) mass is 534 g/mol. The average molecular weight is 535 g/mol. The highest BCUT2D eigenvalue weighted by atomic mass is 35.5. The summed E-state index contributed by atoms with van der Waals surface area (Å²) in [5.41, 5.74) is -2.77. The van der Waals surface area contributed by atoms with Crippen molar-refractivity contribution in [1.29, 1.82) is 5.26 Å². The number of halogens is 4. The molecular formula is C25H18ClF3N2O2S2. The second-order valence-corrected chi connectivity index (χ2v) is 10.2. The third-order valence-corrected chi connectivity index (χ3v) is 8.03. The van der Waals surface area contributed by atoms with Crippen LogP contribution in [0.1, 0.15) is 26.7 Å². The summed E-state index contributed by atoms with van der Waals surface area (Å²) in [5, 5.41) is 24.9. The number of benzene rings is 2. The zero-order valence-electron chi connectivity index (χ0n) is 17.9. The van der Waals surface area contributed by atoms with Crippen LogP contribution in [0.2, 0.25) is 5.02 Å². The van der Waals surface area contributed by atoms with Crippen molar-refractivity contribution in [1.82, 2.24) is 5.32 Å². The summed E-state index contributed by atoms with van der Waals surface area (Å²) in [6.45, 7) is 0. The average Bonchev–Trinajstić information content (AvgIpc) is 3.37. The molecule has 1 aromatic heterocycles. The van der Waals surface area contributed by atoms with Crippen LogP contribution in [-0.4, -0.2) is 22.8 Å². The lowest BCUT2D eigenvalue weighted by Crippen LogP contribution is -2.66. The van der Waals surface area contributed by atoms with E-state index < -0.39 is 29.5 Å². The quantitative estimate of drug-likeness (QED) is 0.353. The molecule has 0 bridgehead atoms.